The van der Waals surface area contributed by atoms with E-state index in [-0.39, 0.29) is 5.82 Å². The molecule has 4 nitrogen and oxygen atoms in total. The summed E-state index contributed by atoms with van der Waals surface area (Å²) in [6.45, 7) is 1.77. The molecule has 0 aliphatic carbocycles. The molecule has 15 heavy (non-hydrogen) atoms. The summed E-state index contributed by atoms with van der Waals surface area (Å²) in [5.41, 5.74) is 0.436. The molecule has 0 atom stereocenters. The van der Waals surface area contributed by atoms with Crippen molar-refractivity contribution in [2.45, 2.75) is 6.92 Å². The lowest BCUT2D eigenvalue weighted by Gasteiger charge is -1.95. The summed E-state index contributed by atoms with van der Waals surface area (Å²) >= 11 is 0. The standard InChI is InChI=1S/C10H9FN4/c1-8-14-12-7-15(8)13-6-9-4-2-3-5-10(9)11/h2-7H,1H3. The molecule has 76 valence electrons. The Morgan fingerprint density at radius 1 is 1.40 bits per heavy atom. The summed E-state index contributed by atoms with van der Waals surface area (Å²) < 4.78 is 14.7. The predicted octanol–water partition coefficient (Wildman–Crippen LogP) is 1.61. The van der Waals surface area contributed by atoms with E-state index in [1.807, 2.05) is 0 Å². The normalized spacial score (nSPS) is 11.1. The van der Waals surface area contributed by atoms with Crippen LogP contribution in [0.15, 0.2) is 35.7 Å². The molecule has 2 rings (SSSR count). The highest BCUT2D eigenvalue weighted by Crippen LogP contribution is 2.03. The largest absolute Gasteiger partial charge is 0.206 e. The van der Waals surface area contributed by atoms with Crippen molar-refractivity contribution in [3.05, 3.63) is 47.8 Å². The summed E-state index contributed by atoms with van der Waals surface area (Å²) in [5, 5.41) is 11.4. The van der Waals surface area contributed by atoms with Gasteiger partial charge in [0.15, 0.2) is 5.82 Å². The molecular formula is C10H9FN4. The molecule has 0 aliphatic heterocycles. The van der Waals surface area contributed by atoms with Crippen LogP contribution in [-0.2, 0) is 0 Å². The van der Waals surface area contributed by atoms with Crippen LogP contribution in [0.25, 0.3) is 0 Å². The fourth-order valence-electron chi connectivity index (χ4n) is 1.11. The maximum atomic E-state index is 13.2. The van der Waals surface area contributed by atoms with Crippen molar-refractivity contribution in [3.63, 3.8) is 0 Å². The quantitative estimate of drug-likeness (QED) is 0.697. The van der Waals surface area contributed by atoms with Crippen molar-refractivity contribution in [1.82, 2.24) is 14.9 Å². The highest BCUT2D eigenvalue weighted by molar-refractivity contribution is 5.79. The number of rotatable bonds is 2. The second-order valence-electron chi connectivity index (χ2n) is 2.99. The fraction of sp³-hybridized carbons (Fsp3) is 0.100. The van der Waals surface area contributed by atoms with Gasteiger partial charge in [-0.1, -0.05) is 18.2 Å². The Hall–Kier alpha value is -2.04. The van der Waals surface area contributed by atoms with Crippen LogP contribution < -0.4 is 0 Å². The number of hydrogen-bond donors (Lipinski definition) is 0. The maximum Gasteiger partial charge on any atom is 0.151 e. The van der Waals surface area contributed by atoms with E-state index in [1.54, 1.807) is 25.1 Å². The lowest BCUT2D eigenvalue weighted by molar-refractivity contribution is 0.625. The minimum Gasteiger partial charge on any atom is -0.206 e. The van der Waals surface area contributed by atoms with E-state index in [2.05, 4.69) is 15.3 Å². The zero-order valence-corrected chi connectivity index (χ0v) is 8.13. The van der Waals surface area contributed by atoms with Gasteiger partial charge in [0.1, 0.15) is 12.1 Å². The molecule has 0 radical (unpaired) electrons. The molecule has 5 heteroatoms. The van der Waals surface area contributed by atoms with Crippen LogP contribution in [0.3, 0.4) is 0 Å². The smallest absolute Gasteiger partial charge is 0.151 e. The third kappa shape index (κ3) is 2.07. The van der Waals surface area contributed by atoms with Gasteiger partial charge in [0.2, 0.25) is 0 Å². The van der Waals surface area contributed by atoms with E-state index in [9.17, 15) is 4.39 Å². The predicted molar refractivity (Wildman–Crippen MR) is 54.2 cm³/mol. The molecule has 0 spiro atoms. The molecule has 0 aliphatic rings. The highest BCUT2D eigenvalue weighted by atomic mass is 19.1. The monoisotopic (exact) mass is 204 g/mol. The molecule has 0 N–H and O–H groups in total. The summed E-state index contributed by atoms with van der Waals surface area (Å²) in [6.07, 6.45) is 2.90. The topological polar surface area (TPSA) is 43.1 Å². The molecule has 1 heterocycles. The van der Waals surface area contributed by atoms with Crippen LogP contribution >= 0.6 is 0 Å². The van der Waals surface area contributed by atoms with Gasteiger partial charge in [-0.05, 0) is 13.0 Å². The highest BCUT2D eigenvalue weighted by Gasteiger charge is 1.97. The first kappa shape index (κ1) is 9.51. The van der Waals surface area contributed by atoms with Crippen molar-refractivity contribution < 1.29 is 4.39 Å². The van der Waals surface area contributed by atoms with Crippen LogP contribution in [-0.4, -0.2) is 21.1 Å². The molecule has 0 saturated heterocycles. The number of halogens is 1. The van der Waals surface area contributed by atoms with E-state index in [0.717, 1.165) is 0 Å². The third-order valence-corrected chi connectivity index (χ3v) is 1.92. The number of hydrogen-bond acceptors (Lipinski definition) is 3. The van der Waals surface area contributed by atoms with Crippen LogP contribution in [0.4, 0.5) is 4.39 Å². The molecule has 0 saturated carbocycles. The minimum absolute atomic E-state index is 0.299. The molecule has 2 aromatic rings. The Balaban J connectivity index is 2.26. The Kier molecular flexibility index (Phi) is 2.53. The van der Waals surface area contributed by atoms with Crippen molar-refractivity contribution in [1.29, 1.82) is 0 Å². The van der Waals surface area contributed by atoms with Gasteiger partial charge in [-0.25, -0.2) is 9.07 Å². The SMILES string of the molecule is Cc1nncn1N=Cc1ccccc1F. The number of aromatic nitrogens is 3. The first-order valence-corrected chi connectivity index (χ1v) is 4.43. The molecule has 0 amide bonds. The maximum absolute atomic E-state index is 13.2. The van der Waals surface area contributed by atoms with Crippen molar-refractivity contribution in [2.75, 3.05) is 0 Å². The Bertz CT molecular complexity index is 490. The molecule has 1 aromatic heterocycles. The van der Waals surface area contributed by atoms with Crippen LogP contribution in [0.5, 0.6) is 0 Å². The second-order valence-corrected chi connectivity index (χ2v) is 2.99. The third-order valence-electron chi connectivity index (χ3n) is 1.92. The van der Waals surface area contributed by atoms with E-state index in [4.69, 9.17) is 0 Å². The summed E-state index contributed by atoms with van der Waals surface area (Å²) in [5.74, 6) is 0.356. The van der Waals surface area contributed by atoms with Crippen LogP contribution in [0, 0.1) is 12.7 Å². The van der Waals surface area contributed by atoms with Crippen molar-refractivity contribution >= 4 is 6.21 Å². The van der Waals surface area contributed by atoms with Gasteiger partial charge in [-0.3, -0.25) is 0 Å². The summed E-state index contributed by atoms with van der Waals surface area (Å²) in [7, 11) is 0. The average Bonchev–Trinajstić information content (AvgIpc) is 2.63. The Labute approximate surface area is 86.1 Å². The van der Waals surface area contributed by atoms with E-state index in [1.165, 1.54) is 23.3 Å². The van der Waals surface area contributed by atoms with Gasteiger partial charge < -0.3 is 0 Å². The second kappa shape index (κ2) is 4.00. The summed E-state index contributed by atoms with van der Waals surface area (Å²) in [6, 6.07) is 6.43. The Morgan fingerprint density at radius 2 is 2.20 bits per heavy atom. The number of nitrogens with zero attached hydrogens (tertiary/aromatic N) is 4. The van der Waals surface area contributed by atoms with Gasteiger partial charge in [0.25, 0.3) is 0 Å². The first-order chi connectivity index (χ1) is 7.27. The molecule has 1 aromatic carbocycles. The van der Waals surface area contributed by atoms with Crippen molar-refractivity contribution in [3.8, 4) is 0 Å². The van der Waals surface area contributed by atoms with Gasteiger partial charge >= 0.3 is 0 Å². The van der Waals surface area contributed by atoms with Crippen LogP contribution in [0.1, 0.15) is 11.4 Å². The summed E-state index contributed by atoms with van der Waals surface area (Å²) in [4.78, 5) is 0. The Morgan fingerprint density at radius 3 is 2.87 bits per heavy atom. The molecule has 0 bridgehead atoms. The zero-order valence-electron chi connectivity index (χ0n) is 8.13. The van der Waals surface area contributed by atoms with Crippen LogP contribution in [0.2, 0.25) is 0 Å². The zero-order chi connectivity index (χ0) is 10.7. The lowest BCUT2D eigenvalue weighted by atomic mass is 10.2. The van der Waals surface area contributed by atoms with E-state index in [0.29, 0.717) is 11.4 Å². The van der Waals surface area contributed by atoms with Gasteiger partial charge in [-0.15, -0.1) is 10.2 Å². The van der Waals surface area contributed by atoms with E-state index < -0.39 is 0 Å². The van der Waals surface area contributed by atoms with Crippen molar-refractivity contribution in [2.24, 2.45) is 5.10 Å². The van der Waals surface area contributed by atoms with Gasteiger partial charge in [0, 0.05) is 5.56 Å². The first-order valence-electron chi connectivity index (χ1n) is 4.43. The molecule has 0 unspecified atom stereocenters. The number of benzene rings is 1. The van der Waals surface area contributed by atoms with Gasteiger partial charge in [0.05, 0.1) is 6.21 Å². The minimum atomic E-state index is -0.299. The van der Waals surface area contributed by atoms with Gasteiger partial charge in [-0.2, -0.15) is 5.10 Å². The average molecular weight is 204 g/mol. The fourth-order valence-corrected chi connectivity index (χ4v) is 1.11. The molecular weight excluding hydrogens is 195 g/mol. The number of aryl methyl sites for hydroxylation is 1. The lowest BCUT2D eigenvalue weighted by Crippen LogP contribution is -1.93. The molecule has 0 fully saturated rings. The van der Waals surface area contributed by atoms with E-state index >= 15 is 0 Å².